The molecule has 0 aliphatic carbocycles. The Balaban J connectivity index is 0.00000225. The van der Waals surface area contributed by atoms with Crippen molar-refractivity contribution in [3.05, 3.63) is 59.7 Å². The molecule has 0 radical (unpaired) electrons. The molecule has 0 spiro atoms. The summed E-state index contributed by atoms with van der Waals surface area (Å²) in [6.45, 7) is 4.37. The molecule has 1 fully saturated rings. The van der Waals surface area contributed by atoms with E-state index in [9.17, 15) is 4.79 Å². The lowest BCUT2D eigenvalue weighted by atomic mass is 9.97. The first kappa shape index (κ1) is 19.3. The van der Waals surface area contributed by atoms with E-state index in [2.05, 4.69) is 10.6 Å². The predicted molar refractivity (Wildman–Crippen MR) is 102 cm³/mol. The number of hydrogen-bond acceptors (Lipinski definition) is 3. The number of piperidine rings is 1. The smallest absolute Gasteiger partial charge is 0.223 e. The van der Waals surface area contributed by atoms with Gasteiger partial charge in [-0.1, -0.05) is 30.3 Å². The predicted octanol–water partition coefficient (Wildman–Crippen LogP) is 3.82. The summed E-state index contributed by atoms with van der Waals surface area (Å²) in [6.07, 6.45) is 1.82. The molecule has 5 heteroatoms. The van der Waals surface area contributed by atoms with Crippen LogP contribution < -0.4 is 15.4 Å². The first-order valence-corrected chi connectivity index (χ1v) is 8.53. The molecule has 1 aliphatic heterocycles. The van der Waals surface area contributed by atoms with Crippen LogP contribution in [0.1, 0.15) is 24.0 Å². The maximum absolute atomic E-state index is 12.3. The highest BCUT2D eigenvalue weighted by Crippen LogP contribution is 2.26. The number of amides is 1. The summed E-state index contributed by atoms with van der Waals surface area (Å²) in [5.74, 6) is 1.86. The number of hydrogen-bond donors (Lipinski definition) is 2. The zero-order valence-corrected chi connectivity index (χ0v) is 15.3. The Bertz CT molecular complexity index is 685. The highest BCUT2D eigenvalue weighted by Gasteiger charge is 2.20. The Labute approximate surface area is 155 Å². The van der Waals surface area contributed by atoms with E-state index in [0.29, 0.717) is 6.54 Å². The van der Waals surface area contributed by atoms with E-state index >= 15 is 0 Å². The normalized spacial score (nSPS) is 14.4. The minimum atomic E-state index is 0. The third-order valence-corrected chi connectivity index (χ3v) is 4.36. The standard InChI is InChI=1S/C20H24N2O2.ClH/c1-15-7-8-17(14-22-20(23)16-9-11-21-12-10-16)19(13-15)24-18-5-3-2-4-6-18;/h2-8,13,16,21H,9-12,14H2,1H3,(H,22,23);1H. The van der Waals surface area contributed by atoms with E-state index < -0.39 is 0 Å². The minimum absolute atomic E-state index is 0. The molecule has 2 aromatic carbocycles. The van der Waals surface area contributed by atoms with Crippen molar-refractivity contribution in [2.75, 3.05) is 13.1 Å². The van der Waals surface area contributed by atoms with E-state index in [1.165, 1.54) is 0 Å². The monoisotopic (exact) mass is 360 g/mol. The number of rotatable bonds is 5. The Morgan fingerprint density at radius 2 is 1.88 bits per heavy atom. The maximum atomic E-state index is 12.3. The number of aryl methyl sites for hydroxylation is 1. The first-order chi connectivity index (χ1) is 11.7. The van der Waals surface area contributed by atoms with Gasteiger partial charge in [0, 0.05) is 18.0 Å². The van der Waals surface area contributed by atoms with Crippen molar-refractivity contribution in [1.82, 2.24) is 10.6 Å². The minimum Gasteiger partial charge on any atom is -0.457 e. The van der Waals surface area contributed by atoms with Gasteiger partial charge in [0.25, 0.3) is 0 Å². The third-order valence-electron chi connectivity index (χ3n) is 4.36. The molecule has 1 heterocycles. The number of ether oxygens (including phenoxy) is 1. The molecule has 134 valence electrons. The number of para-hydroxylation sites is 1. The van der Waals surface area contributed by atoms with E-state index in [-0.39, 0.29) is 24.2 Å². The molecule has 0 saturated carbocycles. The molecule has 2 aromatic rings. The maximum Gasteiger partial charge on any atom is 0.223 e. The van der Waals surface area contributed by atoms with Crippen molar-refractivity contribution in [3.8, 4) is 11.5 Å². The van der Waals surface area contributed by atoms with E-state index in [0.717, 1.165) is 48.6 Å². The lowest BCUT2D eigenvalue weighted by molar-refractivity contribution is -0.125. The van der Waals surface area contributed by atoms with Gasteiger partial charge >= 0.3 is 0 Å². The van der Waals surface area contributed by atoms with E-state index in [1.807, 2.05) is 55.5 Å². The largest absolute Gasteiger partial charge is 0.457 e. The van der Waals surface area contributed by atoms with Crippen molar-refractivity contribution >= 4 is 18.3 Å². The molecule has 25 heavy (non-hydrogen) atoms. The molecule has 0 atom stereocenters. The molecule has 0 bridgehead atoms. The van der Waals surface area contributed by atoms with Crippen molar-refractivity contribution in [3.63, 3.8) is 0 Å². The summed E-state index contributed by atoms with van der Waals surface area (Å²) >= 11 is 0. The fourth-order valence-corrected chi connectivity index (χ4v) is 2.93. The van der Waals surface area contributed by atoms with E-state index in [1.54, 1.807) is 0 Å². The molecule has 2 N–H and O–H groups in total. The average Bonchev–Trinajstić information content (AvgIpc) is 2.62. The van der Waals surface area contributed by atoms with Gasteiger partial charge < -0.3 is 15.4 Å². The van der Waals surface area contributed by atoms with Crippen LogP contribution in [0.2, 0.25) is 0 Å². The fourth-order valence-electron chi connectivity index (χ4n) is 2.93. The second kappa shape index (κ2) is 9.44. The topological polar surface area (TPSA) is 50.4 Å². The number of nitrogens with one attached hydrogen (secondary N) is 2. The van der Waals surface area contributed by atoms with Gasteiger partial charge in [-0.2, -0.15) is 0 Å². The summed E-state index contributed by atoms with van der Waals surface area (Å²) in [5.41, 5.74) is 2.13. The van der Waals surface area contributed by atoms with Gasteiger partial charge in [-0.05, 0) is 56.6 Å². The van der Waals surface area contributed by atoms with Gasteiger partial charge in [0.15, 0.2) is 0 Å². The quantitative estimate of drug-likeness (QED) is 0.852. The molecule has 1 aliphatic rings. The van der Waals surface area contributed by atoms with Crippen LogP contribution in [0.15, 0.2) is 48.5 Å². The summed E-state index contributed by atoms with van der Waals surface area (Å²) in [4.78, 5) is 12.3. The van der Waals surface area contributed by atoms with Crippen LogP contribution in [-0.2, 0) is 11.3 Å². The Kier molecular flexibility index (Phi) is 7.29. The van der Waals surface area contributed by atoms with Crippen LogP contribution in [-0.4, -0.2) is 19.0 Å². The van der Waals surface area contributed by atoms with Crippen molar-refractivity contribution in [2.24, 2.45) is 5.92 Å². The van der Waals surface area contributed by atoms with Gasteiger partial charge in [-0.25, -0.2) is 0 Å². The Hall–Kier alpha value is -2.04. The average molecular weight is 361 g/mol. The van der Waals surface area contributed by atoms with Crippen molar-refractivity contribution in [2.45, 2.75) is 26.3 Å². The summed E-state index contributed by atoms with van der Waals surface area (Å²) in [5, 5.41) is 6.35. The van der Waals surface area contributed by atoms with Crippen LogP contribution in [0.25, 0.3) is 0 Å². The van der Waals surface area contributed by atoms with Gasteiger partial charge in [0.2, 0.25) is 5.91 Å². The fraction of sp³-hybridized carbons (Fsp3) is 0.350. The summed E-state index contributed by atoms with van der Waals surface area (Å²) in [6, 6.07) is 15.8. The highest BCUT2D eigenvalue weighted by atomic mass is 35.5. The van der Waals surface area contributed by atoms with Crippen LogP contribution in [0.3, 0.4) is 0 Å². The van der Waals surface area contributed by atoms with Gasteiger partial charge in [-0.15, -0.1) is 12.4 Å². The Morgan fingerprint density at radius 3 is 2.60 bits per heavy atom. The van der Waals surface area contributed by atoms with Crippen molar-refractivity contribution < 1.29 is 9.53 Å². The summed E-state index contributed by atoms with van der Waals surface area (Å²) in [7, 11) is 0. The zero-order chi connectivity index (χ0) is 16.8. The van der Waals surface area contributed by atoms with Crippen LogP contribution in [0.5, 0.6) is 11.5 Å². The molecule has 4 nitrogen and oxygen atoms in total. The number of benzene rings is 2. The first-order valence-electron chi connectivity index (χ1n) is 8.53. The number of halogens is 1. The van der Waals surface area contributed by atoms with Gasteiger partial charge in [-0.3, -0.25) is 4.79 Å². The molecule has 0 unspecified atom stereocenters. The molecule has 3 rings (SSSR count). The molecular formula is C20H25ClN2O2. The van der Waals surface area contributed by atoms with Crippen LogP contribution in [0.4, 0.5) is 0 Å². The Morgan fingerprint density at radius 1 is 1.16 bits per heavy atom. The highest BCUT2D eigenvalue weighted by molar-refractivity contribution is 5.85. The SMILES string of the molecule is Cc1ccc(CNC(=O)C2CCNCC2)c(Oc2ccccc2)c1.Cl. The number of carbonyl (C=O) groups is 1. The van der Waals surface area contributed by atoms with Crippen molar-refractivity contribution in [1.29, 1.82) is 0 Å². The lowest BCUT2D eigenvalue weighted by Gasteiger charge is -2.22. The molecule has 1 saturated heterocycles. The summed E-state index contributed by atoms with van der Waals surface area (Å²) < 4.78 is 6.01. The molecular weight excluding hydrogens is 336 g/mol. The molecule has 1 amide bonds. The second-order valence-electron chi connectivity index (χ2n) is 6.27. The number of carbonyl (C=O) groups excluding carboxylic acids is 1. The second-order valence-corrected chi connectivity index (χ2v) is 6.27. The van der Waals surface area contributed by atoms with Gasteiger partial charge in [0.1, 0.15) is 11.5 Å². The lowest BCUT2D eigenvalue weighted by Crippen LogP contribution is -2.37. The van der Waals surface area contributed by atoms with Crippen LogP contribution >= 0.6 is 12.4 Å². The van der Waals surface area contributed by atoms with Gasteiger partial charge in [0.05, 0.1) is 0 Å². The molecule has 0 aromatic heterocycles. The van der Waals surface area contributed by atoms with E-state index in [4.69, 9.17) is 4.74 Å². The zero-order valence-electron chi connectivity index (χ0n) is 14.5. The van der Waals surface area contributed by atoms with Crippen LogP contribution in [0, 0.1) is 12.8 Å². The third kappa shape index (κ3) is 5.48.